The molecule has 32 heavy (non-hydrogen) atoms. The zero-order valence-electron chi connectivity index (χ0n) is 17.8. The minimum Gasteiger partial charge on any atom is -0.497 e. The molecule has 0 heterocycles. The fourth-order valence-corrected chi connectivity index (χ4v) is 3.00. The van der Waals surface area contributed by atoms with Gasteiger partial charge in [-0.25, -0.2) is 4.79 Å². The predicted molar refractivity (Wildman–Crippen MR) is 119 cm³/mol. The molecule has 0 bridgehead atoms. The van der Waals surface area contributed by atoms with Gasteiger partial charge in [-0.15, -0.1) is 0 Å². The highest BCUT2D eigenvalue weighted by atomic mass is 16.5. The molecule has 1 N–H and O–H groups in total. The first-order valence-corrected chi connectivity index (χ1v) is 10.00. The van der Waals surface area contributed by atoms with Crippen molar-refractivity contribution in [3.05, 3.63) is 89.5 Å². The molecule has 7 heteroatoms. The van der Waals surface area contributed by atoms with Crippen molar-refractivity contribution in [2.75, 3.05) is 25.6 Å². The topological polar surface area (TPSA) is 90.9 Å². The summed E-state index contributed by atoms with van der Waals surface area (Å²) in [6.45, 7) is 1.77. The van der Waals surface area contributed by atoms with Gasteiger partial charge in [-0.05, 0) is 49.4 Å². The zero-order chi connectivity index (χ0) is 22.9. The summed E-state index contributed by atoms with van der Waals surface area (Å²) in [5.74, 6) is -0.494. The van der Waals surface area contributed by atoms with Gasteiger partial charge in [-0.3, -0.25) is 9.59 Å². The number of anilines is 1. The summed E-state index contributed by atoms with van der Waals surface area (Å²) < 4.78 is 15.7. The lowest BCUT2D eigenvalue weighted by atomic mass is 9.98. The second kappa shape index (κ2) is 10.8. The summed E-state index contributed by atoms with van der Waals surface area (Å²) in [4.78, 5) is 37.8. The van der Waals surface area contributed by atoms with Gasteiger partial charge in [0.15, 0.2) is 12.4 Å². The Bertz CT molecular complexity index is 1110. The van der Waals surface area contributed by atoms with Crippen LogP contribution in [-0.2, 0) is 9.53 Å². The van der Waals surface area contributed by atoms with Crippen LogP contribution in [0.5, 0.6) is 11.5 Å². The largest absolute Gasteiger partial charge is 0.497 e. The van der Waals surface area contributed by atoms with E-state index in [1.54, 1.807) is 66.7 Å². The molecule has 7 nitrogen and oxygen atoms in total. The monoisotopic (exact) mass is 433 g/mol. The van der Waals surface area contributed by atoms with Gasteiger partial charge in [0.2, 0.25) is 0 Å². The Morgan fingerprint density at radius 1 is 0.844 bits per heavy atom. The number of hydrogen-bond acceptors (Lipinski definition) is 6. The minimum atomic E-state index is -0.768. The molecule has 0 unspecified atom stereocenters. The molecule has 1 amide bonds. The Morgan fingerprint density at radius 2 is 1.50 bits per heavy atom. The molecule has 0 fully saturated rings. The van der Waals surface area contributed by atoms with Crippen LogP contribution in [0.15, 0.2) is 72.8 Å². The minimum absolute atomic E-state index is 0.0795. The first-order valence-electron chi connectivity index (χ1n) is 10.00. The molecule has 0 saturated heterocycles. The van der Waals surface area contributed by atoms with E-state index in [9.17, 15) is 14.4 Å². The maximum absolute atomic E-state index is 12.9. The van der Waals surface area contributed by atoms with Crippen molar-refractivity contribution in [2.45, 2.75) is 6.92 Å². The van der Waals surface area contributed by atoms with Crippen LogP contribution in [0.3, 0.4) is 0 Å². The number of carbonyl (C=O) groups excluding carboxylic acids is 3. The van der Waals surface area contributed by atoms with E-state index in [2.05, 4.69) is 5.32 Å². The standard InChI is InChI=1S/C25H23NO6/c1-3-31-22-11-7-6-10-21(22)26-23(27)16-32-25(29)20-9-5-4-8-19(20)24(28)17-12-14-18(30-2)15-13-17/h4-15H,3,16H2,1-2H3,(H,26,27). The average molecular weight is 433 g/mol. The van der Waals surface area contributed by atoms with Crippen LogP contribution >= 0.6 is 0 Å². The quantitative estimate of drug-likeness (QED) is 0.403. The van der Waals surface area contributed by atoms with Gasteiger partial charge < -0.3 is 19.5 Å². The SMILES string of the molecule is CCOc1ccccc1NC(=O)COC(=O)c1ccccc1C(=O)c1ccc(OC)cc1. The van der Waals surface area contributed by atoms with E-state index in [1.807, 2.05) is 6.92 Å². The smallest absolute Gasteiger partial charge is 0.339 e. The van der Waals surface area contributed by atoms with Crippen molar-refractivity contribution < 1.29 is 28.6 Å². The molecule has 0 atom stereocenters. The van der Waals surface area contributed by atoms with E-state index in [1.165, 1.54) is 13.2 Å². The third kappa shape index (κ3) is 5.51. The number of carbonyl (C=O) groups is 3. The zero-order valence-corrected chi connectivity index (χ0v) is 17.8. The summed E-state index contributed by atoms with van der Waals surface area (Å²) >= 11 is 0. The summed E-state index contributed by atoms with van der Waals surface area (Å²) in [6, 6.07) is 19.8. The van der Waals surface area contributed by atoms with Crippen molar-refractivity contribution in [3.63, 3.8) is 0 Å². The highest BCUT2D eigenvalue weighted by Gasteiger charge is 2.20. The van der Waals surface area contributed by atoms with Gasteiger partial charge in [0.25, 0.3) is 5.91 Å². The molecule has 3 rings (SSSR count). The number of benzene rings is 3. The number of amides is 1. The van der Waals surface area contributed by atoms with Crippen LogP contribution in [0.2, 0.25) is 0 Å². The van der Waals surface area contributed by atoms with Gasteiger partial charge in [-0.1, -0.05) is 30.3 Å². The van der Waals surface area contributed by atoms with Gasteiger partial charge >= 0.3 is 5.97 Å². The Balaban J connectivity index is 1.68. The number of nitrogens with one attached hydrogen (secondary N) is 1. The van der Waals surface area contributed by atoms with Crippen LogP contribution < -0.4 is 14.8 Å². The van der Waals surface area contributed by atoms with Gasteiger partial charge in [-0.2, -0.15) is 0 Å². The predicted octanol–water partition coefficient (Wildman–Crippen LogP) is 4.12. The number of para-hydroxylation sites is 2. The first-order chi connectivity index (χ1) is 15.5. The molecular formula is C25H23NO6. The van der Waals surface area contributed by atoms with Crippen LogP contribution in [-0.4, -0.2) is 38.0 Å². The van der Waals surface area contributed by atoms with Gasteiger partial charge in [0.05, 0.1) is 25.0 Å². The number of hydrogen-bond donors (Lipinski definition) is 1. The number of methoxy groups -OCH3 is 1. The maximum atomic E-state index is 12.9. The maximum Gasteiger partial charge on any atom is 0.339 e. The van der Waals surface area contributed by atoms with Crippen LogP contribution in [0.4, 0.5) is 5.69 Å². The van der Waals surface area contributed by atoms with Crippen molar-refractivity contribution in [1.29, 1.82) is 0 Å². The third-order valence-electron chi connectivity index (χ3n) is 4.54. The van der Waals surface area contributed by atoms with E-state index in [0.717, 1.165) is 0 Å². The van der Waals surface area contributed by atoms with E-state index in [4.69, 9.17) is 14.2 Å². The molecule has 3 aromatic carbocycles. The molecule has 0 aliphatic carbocycles. The lowest BCUT2D eigenvalue weighted by molar-refractivity contribution is -0.119. The van der Waals surface area contributed by atoms with E-state index >= 15 is 0 Å². The molecule has 0 aliphatic rings. The molecule has 0 aromatic heterocycles. The Hall–Kier alpha value is -4.13. The highest BCUT2D eigenvalue weighted by Crippen LogP contribution is 2.23. The van der Waals surface area contributed by atoms with Crippen molar-refractivity contribution >= 4 is 23.3 Å². The normalized spacial score (nSPS) is 10.2. The van der Waals surface area contributed by atoms with Crippen molar-refractivity contribution in [2.24, 2.45) is 0 Å². The van der Waals surface area contributed by atoms with E-state index < -0.39 is 18.5 Å². The van der Waals surface area contributed by atoms with Gasteiger partial charge in [0, 0.05) is 11.1 Å². The van der Waals surface area contributed by atoms with Crippen molar-refractivity contribution in [1.82, 2.24) is 0 Å². The summed E-state index contributed by atoms with van der Waals surface area (Å²) in [5.41, 5.74) is 1.14. The van der Waals surface area contributed by atoms with Crippen LogP contribution in [0.25, 0.3) is 0 Å². The van der Waals surface area contributed by atoms with Crippen LogP contribution in [0.1, 0.15) is 33.2 Å². The summed E-state index contributed by atoms with van der Waals surface area (Å²) in [5, 5.41) is 2.66. The molecule has 0 spiro atoms. The molecular weight excluding hydrogens is 410 g/mol. The first kappa shape index (κ1) is 22.6. The lowest BCUT2D eigenvalue weighted by Gasteiger charge is -2.12. The molecule has 164 valence electrons. The fraction of sp³-hybridized carbons (Fsp3) is 0.160. The fourth-order valence-electron chi connectivity index (χ4n) is 3.00. The number of esters is 1. The second-order valence-electron chi connectivity index (χ2n) is 6.66. The van der Waals surface area contributed by atoms with Crippen molar-refractivity contribution in [3.8, 4) is 11.5 Å². The Kier molecular flexibility index (Phi) is 7.59. The second-order valence-corrected chi connectivity index (χ2v) is 6.66. The molecule has 0 saturated carbocycles. The third-order valence-corrected chi connectivity index (χ3v) is 4.54. The molecule has 3 aromatic rings. The summed E-state index contributed by atoms with van der Waals surface area (Å²) in [7, 11) is 1.54. The number of rotatable bonds is 9. The van der Waals surface area contributed by atoms with Crippen LogP contribution in [0, 0.1) is 0 Å². The highest BCUT2D eigenvalue weighted by molar-refractivity contribution is 6.14. The molecule has 0 aliphatic heterocycles. The Labute approximate surface area is 185 Å². The lowest BCUT2D eigenvalue weighted by Crippen LogP contribution is -2.22. The number of ether oxygens (including phenoxy) is 3. The van der Waals surface area contributed by atoms with E-state index in [0.29, 0.717) is 29.4 Å². The average Bonchev–Trinajstić information content (AvgIpc) is 2.83. The van der Waals surface area contributed by atoms with Gasteiger partial charge in [0.1, 0.15) is 11.5 Å². The van der Waals surface area contributed by atoms with E-state index in [-0.39, 0.29) is 16.9 Å². The number of ketones is 1. The Morgan fingerprint density at radius 3 is 2.19 bits per heavy atom. The summed E-state index contributed by atoms with van der Waals surface area (Å²) in [6.07, 6.45) is 0. The molecule has 0 radical (unpaired) electrons.